The van der Waals surface area contributed by atoms with E-state index in [-0.39, 0.29) is 17.1 Å². The number of nitro groups is 1. The van der Waals surface area contributed by atoms with E-state index in [4.69, 9.17) is 0 Å². The van der Waals surface area contributed by atoms with Gasteiger partial charge < -0.3 is 10.4 Å². The summed E-state index contributed by atoms with van der Waals surface area (Å²) in [5, 5.41) is 30.9. The number of hydrogen-bond donors (Lipinski definition) is 2. The number of anilines is 1. The van der Waals surface area contributed by atoms with Gasteiger partial charge in [-0.25, -0.2) is 4.79 Å². The molecule has 29 heavy (non-hydrogen) atoms. The molecule has 0 atom stereocenters. The maximum absolute atomic E-state index is 12.4. The fraction of sp³-hybridized carbons (Fsp3) is 0.222. The quantitative estimate of drug-likeness (QED) is 0.478. The fourth-order valence-corrected chi connectivity index (χ4v) is 3.02. The number of carboxylic acid groups (broad SMARTS) is 1. The molecule has 2 heterocycles. The summed E-state index contributed by atoms with van der Waals surface area (Å²) in [4.78, 5) is 34.3. The maximum atomic E-state index is 12.4. The van der Waals surface area contributed by atoms with Crippen LogP contribution in [0.2, 0.25) is 0 Å². The lowest BCUT2D eigenvalue weighted by molar-refractivity contribution is -0.386. The van der Waals surface area contributed by atoms with Crippen molar-refractivity contribution < 1.29 is 19.6 Å². The third-order valence-electron chi connectivity index (χ3n) is 4.46. The number of carbonyl (C=O) groups excluding carboxylic acids is 1. The minimum Gasteiger partial charge on any atom is -0.476 e. The molecule has 0 radical (unpaired) electrons. The fourth-order valence-electron chi connectivity index (χ4n) is 3.02. The normalized spacial score (nSPS) is 10.7. The molecule has 0 aliphatic heterocycles. The molecule has 3 rings (SSSR count). The third-order valence-corrected chi connectivity index (χ3v) is 4.46. The first-order valence-corrected chi connectivity index (χ1v) is 8.53. The van der Waals surface area contributed by atoms with Crippen LogP contribution in [0.5, 0.6) is 0 Å². The van der Waals surface area contributed by atoms with Crippen molar-refractivity contribution in [2.75, 3.05) is 5.32 Å². The number of nitrogens with zero attached hydrogens (tertiary/aromatic N) is 5. The number of amides is 1. The summed E-state index contributed by atoms with van der Waals surface area (Å²) in [7, 11) is 1.47. The number of rotatable bonds is 6. The Morgan fingerprint density at radius 1 is 1.24 bits per heavy atom. The van der Waals surface area contributed by atoms with Gasteiger partial charge in [-0.2, -0.15) is 10.2 Å². The van der Waals surface area contributed by atoms with Crippen LogP contribution >= 0.6 is 0 Å². The largest absolute Gasteiger partial charge is 0.476 e. The summed E-state index contributed by atoms with van der Waals surface area (Å²) in [6, 6.07) is 6.58. The van der Waals surface area contributed by atoms with Gasteiger partial charge in [0.2, 0.25) is 0 Å². The van der Waals surface area contributed by atoms with Gasteiger partial charge in [0.1, 0.15) is 11.4 Å². The summed E-state index contributed by atoms with van der Waals surface area (Å²) < 4.78 is 2.70. The molecule has 0 saturated heterocycles. The monoisotopic (exact) mass is 398 g/mol. The molecular weight excluding hydrogens is 380 g/mol. The van der Waals surface area contributed by atoms with Gasteiger partial charge in [-0.1, -0.05) is 12.1 Å². The first-order valence-electron chi connectivity index (χ1n) is 8.53. The lowest BCUT2D eigenvalue weighted by Crippen LogP contribution is -2.15. The molecule has 0 bridgehead atoms. The van der Waals surface area contributed by atoms with Crippen molar-refractivity contribution in [1.29, 1.82) is 0 Å². The van der Waals surface area contributed by atoms with E-state index in [1.165, 1.54) is 17.9 Å². The molecule has 2 aromatic heterocycles. The highest BCUT2D eigenvalue weighted by molar-refractivity contribution is 6.07. The third kappa shape index (κ3) is 3.83. The van der Waals surface area contributed by atoms with Gasteiger partial charge in [-0.3, -0.25) is 24.3 Å². The summed E-state index contributed by atoms with van der Waals surface area (Å²) in [5.74, 6) is -1.68. The lowest BCUT2D eigenvalue weighted by Gasteiger charge is -2.07. The van der Waals surface area contributed by atoms with Crippen molar-refractivity contribution in [1.82, 2.24) is 19.6 Å². The Hall–Kier alpha value is -4.02. The van der Waals surface area contributed by atoms with Crippen LogP contribution in [0.1, 0.15) is 37.8 Å². The van der Waals surface area contributed by atoms with Crippen molar-refractivity contribution in [2.45, 2.75) is 20.4 Å². The van der Waals surface area contributed by atoms with Crippen LogP contribution in [-0.2, 0) is 13.6 Å². The van der Waals surface area contributed by atoms with Gasteiger partial charge in [-0.15, -0.1) is 0 Å². The van der Waals surface area contributed by atoms with Crippen LogP contribution in [0.25, 0.3) is 0 Å². The number of hydrogen-bond acceptors (Lipinski definition) is 6. The number of aromatic carboxylic acids is 1. The molecular formula is C18H18N6O5. The Morgan fingerprint density at radius 2 is 1.90 bits per heavy atom. The number of carbonyl (C=O) groups is 2. The Labute approximate surface area is 164 Å². The second-order valence-corrected chi connectivity index (χ2v) is 6.42. The minimum absolute atomic E-state index is 0.00768. The average molecular weight is 398 g/mol. The van der Waals surface area contributed by atoms with Crippen molar-refractivity contribution in [3.8, 4) is 0 Å². The van der Waals surface area contributed by atoms with E-state index >= 15 is 0 Å². The zero-order valence-corrected chi connectivity index (χ0v) is 15.9. The van der Waals surface area contributed by atoms with Crippen LogP contribution in [0.3, 0.4) is 0 Å². The molecule has 150 valence electrons. The first-order chi connectivity index (χ1) is 13.7. The van der Waals surface area contributed by atoms with Crippen LogP contribution in [-0.4, -0.2) is 41.5 Å². The van der Waals surface area contributed by atoms with E-state index in [9.17, 15) is 24.8 Å². The van der Waals surface area contributed by atoms with E-state index in [1.54, 1.807) is 38.1 Å². The van der Waals surface area contributed by atoms with E-state index in [0.717, 1.165) is 10.2 Å². The summed E-state index contributed by atoms with van der Waals surface area (Å²) in [6.45, 7) is 3.53. The highest BCUT2D eigenvalue weighted by atomic mass is 16.6. The number of carboxylic acids is 1. The Kier molecular flexibility index (Phi) is 5.13. The van der Waals surface area contributed by atoms with Crippen molar-refractivity contribution in [3.63, 3.8) is 0 Å². The van der Waals surface area contributed by atoms with Gasteiger partial charge in [-0.05, 0) is 31.5 Å². The molecule has 3 aromatic rings. The molecule has 0 aliphatic carbocycles. The number of benzene rings is 1. The zero-order valence-electron chi connectivity index (χ0n) is 15.9. The molecule has 0 unspecified atom stereocenters. The molecule has 1 aromatic carbocycles. The predicted molar refractivity (Wildman–Crippen MR) is 102 cm³/mol. The van der Waals surface area contributed by atoms with Crippen molar-refractivity contribution >= 4 is 23.3 Å². The number of aromatic nitrogens is 4. The predicted octanol–water partition coefficient (Wildman–Crippen LogP) is 2.14. The summed E-state index contributed by atoms with van der Waals surface area (Å²) in [6.07, 6.45) is 1.27. The van der Waals surface area contributed by atoms with E-state index in [2.05, 4.69) is 15.5 Å². The number of aryl methyl sites for hydroxylation is 2. The second kappa shape index (κ2) is 7.54. The molecule has 0 fully saturated rings. The van der Waals surface area contributed by atoms with Crippen LogP contribution in [0.15, 0.2) is 30.5 Å². The average Bonchev–Trinajstić information content (AvgIpc) is 3.14. The van der Waals surface area contributed by atoms with Crippen molar-refractivity contribution in [3.05, 3.63) is 68.8 Å². The second-order valence-electron chi connectivity index (χ2n) is 6.42. The van der Waals surface area contributed by atoms with E-state index in [1.807, 2.05) is 0 Å². The standard InChI is InChI=1S/C18H18N6O5/c1-10-15(24(28)29)11(2)23(21-10)9-12-4-6-13(7-5-12)17(25)20-14-8-19-22(3)16(14)18(26)27/h4-8H,9H2,1-3H3,(H,20,25)(H,26,27). The van der Waals surface area contributed by atoms with Gasteiger partial charge in [0, 0.05) is 12.6 Å². The van der Waals surface area contributed by atoms with Gasteiger partial charge >= 0.3 is 11.7 Å². The molecule has 11 heteroatoms. The van der Waals surface area contributed by atoms with E-state index < -0.39 is 16.8 Å². The summed E-state index contributed by atoms with van der Waals surface area (Å²) in [5.41, 5.74) is 1.89. The minimum atomic E-state index is -1.20. The highest BCUT2D eigenvalue weighted by Gasteiger charge is 2.22. The van der Waals surface area contributed by atoms with Crippen molar-refractivity contribution in [2.24, 2.45) is 7.05 Å². The first kappa shape index (κ1) is 19.7. The van der Waals surface area contributed by atoms with E-state index in [0.29, 0.717) is 23.5 Å². The molecule has 1 amide bonds. The molecule has 0 aliphatic rings. The topological polar surface area (TPSA) is 145 Å². The van der Waals surface area contributed by atoms with Gasteiger partial charge in [0.25, 0.3) is 5.91 Å². The molecule has 0 spiro atoms. The van der Waals surface area contributed by atoms with Crippen LogP contribution < -0.4 is 5.32 Å². The Balaban J connectivity index is 1.76. The van der Waals surface area contributed by atoms with Gasteiger partial charge in [0.05, 0.1) is 23.4 Å². The molecule has 0 saturated carbocycles. The summed E-state index contributed by atoms with van der Waals surface area (Å²) >= 11 is 0. The number of nitrogens with one attached hydrogen (secondary N) is 1. The Morgan fingerprint density at radius 3 is 2.45 bits per heavy atom. The molecule has 11 nitrogen and oxygen atoms in total. The van der Waals surface area contributed by atoms with Crippen LogP contribution in [0, 0.1) is 24.0 Å². The SMILES string of the molecule is Cc1nn(Cc2ccc(C(=O)Nc3cnn(C)c3C(=O)O)cc2)c(C)c1[N+](=O)[O-]. The Bertz CT molecular complexity index is 1110. The lowest BCUT2D eigenvalue weighted by atomic mass is 10.1. The smallest absolute Gasteiger partial charge is 0.356 e. The van der Waals surface area contributed by atoms with Crippen LogP contribution in [0.4, 0.5) is 11.4 Å². The zero-order chi connectivity index (χ0) is 21.3. The highest BCUT2D eigenvalue weighted by Crippen LogP contribution is 2.22. The van der Waals surface area contributed by atoms with Gasteiger partial charge in [0.15, 0.2) is 5.69 Å². The maximum Gasteiger partial charge on any atom is 0.356 e. The molecule has 2 N–H and O–H groups in total.